The van der Waals surface area contributed by atoms with Gasteiger partial charge in [-0.25, -0.2) is 13.1 Å². The van der Waals surface area contributed by atoms with Crippen molar-refractivity contribution in [3.05, 3.63) is 59.2 Å². The van der Waals surface area contributed by atoms with E-state index in [2.05, 4.69) is 4.72 Å². The summed E-state index contributed by atoms with van der Waals surface area (Å²) in [7, 11) is -3.64. The van der Waals surface area contributed by atoms with Gasteiger partial charge >= 0.3 is 0 Å². The summed E-state index contributed by atoms with van der Waals surface area (Å²) in [4.78, 5) is 13.8. The van der Waals surface area contributed by atoms with Gasteiger partial charge in [0, 0.05) is 31.1 Å². The molecule has 0 aliphatic carbocycles. The summed E-state index contributed by atoms with van der Waals surface area (Å²) in [6.07, 6.45) is 0. The molecular formula is C20H24N2O3S. The van der Waals surface area contributed by atoms with E-state index in [0.29, 0.717) is 6.54 Å². The molecule has 3 rings (SSSR count). The number of fused-ring (bicyclic) bond motifs is 1. The number of carbonyl (C=O) groups is 1. The Labute approximate surface area is 155 Å². The normalized spacial score (nSPS) is 15.8. The number of hydrogen-bond donors (Lipinski definition) is 1. The first kappa shape index (κ1) is 18.6. The number of anilines is 1. The monoisotopic (exact) mass is 372 g/mol. The van der Waals surface area contributed by atoms with Gasteiger partial charge in [-0.3, -0.25) is 4.79 Å². The predicted molar refractivity (Wildman–Crippen MR) is 103 cm³/mol. The van der Waals surface area contributed by atoms with Crippen LogP contribution < -0.4 is 9.62 Å². The van der Waals surface area contributed by atoms with Crippen molar-refractivity contribution >= 4 is 21.6 Å². The lowest BCUT2D eigenvalue weighted by Gasteiger charge is -2.19. The molecule has 1 heterocycles. The summed E-state index contributed by atoms with van der Waals surface area (Å²) >= 11 is 0. The standard InChI is InChI=1S/C20H24N2O3S/c1-14-7-5-6-8-16(14)12-21-26(24,25)17-9-10-19-18(11-17)20(3,4)13-22(19)15(2)23/h5-11,21H,12-13H2,1-4H3. The molecule has 1 aliphatic rings. The van der Waals surface area contributed by atoms with Crippen LogP contribution in [0.3, 0.4) is 0 Å². The molecule has 0 atom stereocenters. The van der Waals surface area contributed by atoms with E-state index in [1.165, 1.54) is 6.92 Å². The number of aryl methyl sites for hydroxylation is 1. The second-order valence-corrected chi connectivity index (χ2v) is 9.19. The van der Waals surface area contributed by atoms with Gasteiger partial charge in [0.25, 0.3) is 0 Å². The van der Waals surface area contributed by atoms with Crippen molar-refractivity contribution in [2.45, 2.75) is 44.6 Å². The third kappa shape index (κ3) is 3.39. The van der Waals surface area contributed by atoms with Crippen molar-refractivity contribution in [3.63, 3.8) is 0 Å². The maximum Gasteiger partial charge on any atom is 0.240 e. The highest BCUT2D eigenvalue weighted by Gasteiger charge is 2.37. The third-order valence-electron chi connectivity index (χ3n) is 4.95. The summed E-state index contributed by atoms with van der Waals surface area (Å²) in [6.45, 7) is 8.32. The van der Waals surface area contributed by atoms with Crippen LogP contribution in [0, 0.1) is 6.92 Å². The lowest BCUT2D eigenvalue weighted by Crippen LogP contribution is -2.31. The highest BCUT2D eigenvalue weighted by molar-refractivity contribution is 7.89. The minimum absolute atomic E-state index is 0.0369. The van der Waals surface area contributed by atoms with E-state index in [1.807, 2.05) is 45.0 Å². The average molecular weight is 372 g/mol. The lowest BCUT2D eigenvalue weighted by molar-refractivity contribution is -0.116. The number of hydrogen-bond acceptors (Lipinski definition) is 3. The van der Waals surface area contributed by atoms with Gasteiger partial charge in [0.05, 0.1) is 4.90 Å². The number of rotatable bonds is 4. The van der Waals surface area contributed by atoms with Crippen molar-refractivity contribution in [3.8, 4) is 0 Å². The van der Waals surface area contributed by atoms with E-state index in [9.17, 15) is 13.2 Å². The molecule has 0 spiro atoms. The van der Waals surface area contributed by atoms with Crippen LogP contribution in [-0.2, 0) is 26.8 Å². The highest BCUT2D eigenvalue weighted by atomic mass is 32.2. The molecule has 1 aliphatic heterocycles. The first-order valence-corrected chi connectivity index (χ1v) is 10.1. The summed E-state index contributed by atoms with van der Waals surface area (Å²) in [5.41, 5.74) is 3.37. The van der Waals surface area contributed by atoms with Gasteiger partial charge in [-0.2, -0.15) is 0 Å². The molecule has 0 radical (unpaired) electrons. The molecule has 0 aromatic heterocycles. The first-order valence-electron chi connectivity index (χ1n) is 8.59. The molecular weight excluding hydrogens is 348 g/mol. The SMILES string of the molecule is CC(=O)N1CC(C)(C)c2cc(S(=O)(=O)NCc3ccccc3C)ccc21. The largest absolute Gasteiger partial charge is 0.311 e. The summed E-state index contributed by atoms with van der Waals surface area (Å²) in [5, 5.41) is 0. The van der Waals surface area contributed by atoms with Crippen LogP contribution in [-0.4, -0.2) is 20.9 Å². The molecule has 2 aromatic rings. The molecule has 0 unspecified atom stereocenters. The van der Waals surface area contributed by atoms with Gasteiger partial charge in [-0.15, -0.1) is 0 Å². The zero-order valence-electron chi connectivity index (χ0n) is 15.5. The van der Waals surface area contributed by atoms with E-state index in [-0.39, 0.29) is 22.8 Å². The number of benzene rings is 2. The fourth-order valence-corrected chi connectivity index (χ4v) is 4.40. The molecule has 0 saturated carbocycles. The van der Waals surface area contributed by atoms with Crippen molar-refractivity contribution in [1.29, 1.82) is 0 Å². The molecule has 26 heavy (non-hydrogen) atoms. The minimum atomic E-state index is -3.64. The van der Waals surface area contributed by atoms with Crippen LogP contribution in [0.5, 0.6) is 0 Å². The Morgan fingerprint density at radius 2 is 1.88 bits per heavy atom. The van der Waals surface area contributed by atoms with Crippen LogP contribution in [0.4, 0.5) is 5.69 Å². The summed E-state index contributed by atoms with van der Waals surface area (Å²) in [5.74, 6) is -0.0369. The van der Waals surface area contributed by atoms with Crippen LogP contribution in [0.15, 0.2) is 47.4 Å². The fraction of sp³-hybridized carbons (Fsp3) is 0.350. The van der Waals surface area contributed by atoms with Crippen LogP contribution in [0.1, 0.15) is 37.5 Å². The number of sulfonamides is 1. The van der Waals surface area contributed by atoms with Crippen LogP contribution >= 0.6 is 0 Å². The number of carbonyl (C=O) groups excluding carboxylic acids is 1. The Balaban J connectivity index is 1.90. The first-order chi connectivity index (χ1) is 12.1. The summed E-state index contributed by atoms with van der Waals surface area (Å²) < 4.78 is 28.2. The van der Waals surface area contributed by atoms with E-state index in [0.717, 1.165) is 22.4 Å². The van der Waals surface area contributed by atoms with Crippen molar-refractivity contribution < 1.29 is 13.2 Å². The third-order valence-corrected chi connectivity index (χ3v) is 6.34. The molecule has 1 amide bonds. The maximum atomic E-state index is 12.8. The Bertz CT molecular complexity index is 965. The number of nitrogens with zero attached hydrogens (tertiary/aromatic N) is 1. The topological polar surface area (TPSA) is 66.5 Å². The Kier molecular flexibility index (Phi) is 4.67. The van der Waals surface area contributed by atoms with E-state index < -0.39 is 10.0 Å². The van der Waals surface area contributed by atoms with Crippen molar-refractivity contribution in [2.75, 3.05) is 11.4 Å². The Morgan fingerprint density at radius 1 is 1.19 bits per heavy atom. The molecule has 6 heteroatoms. The fourth-order valence-electron chi connectivity index (χ4n) is 3.37. The minimum Gasteiger partial charge on any atom is -0.311 e. The van der Waals surface area contributed by atoms with E-state index >= 15 is 0 Å². The quantitative estimate of drug-likeness (QED) is 0.897. The smallest absolute Gasteiger partial charge is 0.240 e. The molecule has 0 fully saturated rings. The van der Waals surface area contributed by atoms with Gasteiger partial charge in [0.2, 0.25) is 15.9 Å². The van der Waals surface area contributed by atoms with Gasteiger partial charge in [0.1, 0.15) is 0 Å². The van der Waals surface area contributed by atoms with E-state index in [4.69, 9.17) is 0 Å². The predicted octanol–water partition coefficient (Wildman–Crippen LogP) is 3.12. The lowest BCUT2D eigenvalue weighted by atomic mass is 9.87. The Hall–Kier alpha value is -2.18. The van der Waals surface area contributed by atoms with E-state index in [1.54, 1.807) is 23.1 Å². The molecule has 0 saturated heterocycles. The number of amides is 1. The Morgan fingerprint density at radius 3 is 2.54 bits per heavy atom. The summed E-state index contributed by atoms with van der Waals surface area (Å²) in [6, 6.07) is 12.7. The van der Waals surface area contributed by atoms with Gasteiger partial charge < -0.3 is 4.90 Å². The molecule has 2 aromatic carbocycles. The van der Waals surface area contributed by atoms with Gasteiger partial charge in [0.15, 0.2) is 0 Å². The van der Waals surface area contributed by atoms with Crippen molar-refractivity contribution in [2.24, 2.45) is 0 Å². The average Bonchev–Trinajstić information content (AvgIpc) is 2.85. The van der Waals surface area contributed by atoms with Gasteiger partial charge in [-0.05, 0) is 41.8 Å². The van der Waals surface area contributed by atoms with Crippen LogP contribution in [0.2, 0.25) is 0 Å². The zero-order chi connectivity index (χ0) is 19.1. The molecule has 138 valence electrons. The second kappa shape index (κ2) is 6.52. The molecule has 5 nitrogen and oxygen atoms in total. The highest BCUT2D eigenvalue weighted by Crippen LogP contribution is 2.41. The van der Waals surface area contributed by atoms with Crippen molar-refractivity contribution in [1.82, 2.24) is 4.72 Å². The van der Waals surface area contributed by atoms with Gasteiger partial charge in [-0.1, -0.05) is 38.1 Å². The second-order valence-electron chi connectivity index (χ2n) is 7.42. The zero-order valence-corrected chi connectivity index (χ0v) is 16.4. The molecule has 1 N–H and O–H groups in total. The molecule has 0 bridgehead atoms. The maximum absolute atomic E-state index is 12.8. The van der Waals surface area contributed by atoms with Crippen LogP contribution in [0.25, 0.3) is 0 Å². The number of nitrogens with one attached hydrogen (secondary N) is 1.